The Hall–Kier alpha value is -1.40. The van der Waals surface area contributed by atoms with E-state index >= 15 is 0 Å². The SMILES string of the molecule is C=C(C)C(=O)OCCCC(CCCOC(=O)C(=C)C)C(CC)O[SiH3]. The maximum absolute atomic E-state index is 11.4. The Kier molecular flexibility index (Phi) is 12.2. The van der Waals surface area contributed by atoms with Gasteiger partial charge >= 0.3 is 11.9 Å². The van der Waals surface area contributed by atoms with Gasteiger partial charge < -0.3 is 13.9 Å². The van der Waals surface area contributed by atoms with E-state index in [-0.39, 0.29) is 18.0 Å². The van der Waals surface area contributed by atoms with Gasteiger partial charge in [-0.25, -0.2) is 9.59 Å². The number of carbonyl (C=O) groups is 2. The van der Waals surface area contributed by atoms with Gasteiger partial charge in [-0.3, -0.25) is 0 Å². The zero-order valence-electron chi connectivity index (χ0n) is 15.6. The van der Waals surface area contributed by atoms with Crippen molar-refractivity contribution in [1.82, 2.24) is 0 Å². The quantitative estimate of drug-likeness (QED) is 0.220. The fraction of sp³-hybridized carbons (Fsp3) is 0.667. The second-order valence-corrected chi connectivity index (χ2v) is 6.53. The van der Waals surface area contributed by atoms with Gasteiger partial charge in [-0.15, -0.1) is 0 Å². The Bertz CT molecular complexity index is 395. The minimum Gasteiger partial charge on any atom is -0.462 e. The molecule has 0 spiro atoms. The van der Waals surface area contributed by atoms with E-state index < -0.39 is 0 Å². The fourth-order valence-corrected chi connectivity index (χ4v) is 3.19. The van der Waals surface area contributed by atoms with Crippen LogP contribution in [-0.2, 0) is 23.5 Å². The highest BCUT2D eigenvalue weighted by Gasteiger charge is 2.19. The summed E-state index contributed by atoms with van der Waals surface area (Å²) in [5.41, 5.74) is 0.834. The molecule has 0 rings (SSSR count). The van der Waals surface area contributed by atoms with E-state index in [4.69, 9.17) is 13.9 Å². The summed E-state index contributed by atoms with van der Waals surface area (Å²) in [5.74, 6) is -0.312. The predicted octanol–water partition coefficient (Wildman–Crippen LogP) is 2.48. The smallest absolute Gasteiger partial charge is 0.333 e. The van der Waals surface area contributed by atoms with Crippen molar-refractivity contribution < 1.29 is 23.5 Å². The summed E-state index contributed by atoms with van der Waals surface area (Å²) in [6.07, 6.45) is 4.57. The van der Waals surface area contributed by atoms with Gasteiger partial charge in [0.1, 0.15) is 10.5 Å². The van der Waals surface area contributed by atoms with E-state index in [1.54, 1.807) is 13.8 Å². The number of hydrogen-bond donors (Lipinski definition) is 0. The molecule has 0 aromatic carbocycles. The normalized spacial score (nSPS) is 12.0. The molecule has 6 heteroatoms. The number of hydrogen-bond acceptors (Lipinski definition) is 5. The Balaban J connectivity index is 4.24. The molecular formula is C18H32O5Si. The minimum atomic E-state index is -0.343. The second kappa shape index (κ2) is 13.0. The highest BCUT2D eigenvalue weighted by molar-refractivity contribution is 5.98. The summed E-state index contributed by atoms with van der Waals surface area (Å²) >= 11 is 0. The number of esters is 2. The number of carbonyl (C=O) groups excluding carboxylic acids is 2. The van der Waals surface area contributed by atoms with Crippen LogP contribution in [0.25, 0.3) is 0 Å². The third-order valence-electron chi connectivity index (χ3n) is 3.83. The van der Waals surface area contributed by atoms with Crippen LogP contribution in [0.4, 0.5) is 0 Å². The molecule has 0 amide bonds. The van der Waals surface area contributed by atoms with Crippen LogP contribution >= 0.6 is 0 Å². The van der Waals surface area contributed by atoms with E-state index in [1.165, 1.54) is 0 Å². The van der Waals surface area contributed by atoms with Crippen molar-refractivity contribution in [1.29, 1.82) is 0 Å². The molecule has 0 aromatic heterocycles. The van der Waals surface area contributed by atoms with Crippen molar-refractivity contribution in [3.63, 3.8) is 0 Å². The average molecular weight is 357 g/mol. The molecule has 0 aliphatic rings. The van der Waals surface area contributed by atoms with E-state index in [9.17, 15) is 9.59 Å². The van der Waals surface area contributed by atoms with Gasteiger partial charge in [-0.2, -0.15) is 0 Å². The first-order chi connectivity index (χ1) is 11.3. The molecule has 0 bridgehead atoms. The van der Waals surface area contributed by atoms with E-state index in [0.29, 0.717) is 40.8 Å². The highest BCUT2D eigenvalue weighted by atomic mass is 28.2. The monoisotopic (exact) mass is 356 g/mol. The first kappa shape index (κ1) is 22.6. The molecule has 1 atom stereocenters. The number of ether oxygens (including phenoxy) is 2. The molecule has 5 nitrogen and oxygen atoms in total. The molecule has 0 saturated carbocycles. The molecule has 0 aromatic rings. The average Bonchev–Trinajstić information content (AvgIpc) is 2.54. The summed E-state index contributed by atoms with van der Waals surface area (Å²) in [7, 11) is 0.694. The summed E-state index contributed by atoms with van der Waals surface area (Å²) in [4.78, 5) is 22.7. The Morgan fingerprint density at radius 3 is 1.67 bits per heavy atom. The van der Waals surface area contributed by atoms with Gasteiger partial charge in [-0.05, 0) is 51.9 Å². The topological polar surface area (TPSA) is 61.8 Å². The molecule has 0 heterocycles. The molecule has 0 N–H and O–H groups in total. The molecule has 1 unspecified atom stereocenters. The van der Waals surface area contributed by atoms with Crippen molar-refractivity contribution in [2.45, 2.75) is 59.0 Å². The standard InChI is InChI=1S/C18H32O5Si/c1-6-16(23-24)15(9-7-11-21-17(19)13(2)3)10-8-12-22-18(20)14(4)5/h15-16H,2,4,6-12H2,1,3,5,24H3. The Morgan fingerprint density at radius 2 is 1.38 bits per heavy atom. The molecular weight excluding hydrogens is 324 g/mol. The molecule has 24 heavy (non-hydrogen) atoms. The Morgan fingerprint density at radius 1 is 0.958 bits per heavy atom. The van der Waals surface area contributed by atoms with Gasteiger partial charge in [0.2, 0.25) is 0 Å². The van der Waals surface area contributed by atoms with Crippen molar-refractivity contribution >= 4 is 22.4 Å². The van der Waals surface area contributed by atoms with Crippen molar-refractivity contribution in [3.8, 4) is 0 Å². The van der Waals surface area contributed by atoms with Gasteiger partial charge in [-0.1, -0.05) is 20.1 Å². The first-order valence-electron chi connectivity index (χ1n) is 8.51. The maximum atomic E-state index is 11.4. The van der Waals surface area contributed by atoms with Crippen LogP contribution in [0.15, 0.2) is 24.3 Å². The molecule has 0 aliphatic heterocycles. The zero-order chi connectivity index (χ0) is 18.5. The number of rotatable bonds is 13. The van der Waals surface area contributed by atoms with Crippen LogP contribution in [0.5, 0.6) is 0 Å². The van der Waals surface area contributed by atoms with Crippen LogP contribution in [0.3, 0.4) is 0 Å². The van der Waals surface area contributed by atoms with Gasteiger partial charge in [0.25, 0.3) is 0 Å². The zero-order valence-corrected chi connectivity index (χ0v) is 17.6. The lowest BCUT2D eigenvalue weighted by atomic mass is 9.91. The highest BCUT2D eigenvalue weighted by Crippen LogP contribution is 2.22. The van der Waals surface area contributed by atoms with Gasteiger partial charge in [0.05, 0.1) is 13.2 Å². The molecule has 0 fully saturated rings. The lowest BCUT2D eigenvalue weighted by molar-refractivity contribution is -0.139. The molecule has 0 radical (unpaired) electrons. The Labute approximate surface area is 149 Å². The maximum Gasteiger partial charge on any atom is 0.333 e. The van der Waals surface area contributed by atoms with Crippen LogP contribution < -0.4 is 0 Å². The lowest BCUT2D eigenvalue weighted by Gasteiger charge is -2.25. The van der Waals surface area contributed by atoms with Crippen molar-refractivity contribution in [3.05, 3.63) is 24.3 Å². The molecule has 138 valence electrons. The van der Waals surface area contributed by atoms with Gasteiger partial charge in [0, 0.05) is 17.3 Å². The fourth-order valence-electron chi connectivity index (χ4n) is 2.48. The summed E-state index contributed by atoms with van der Waals surface area (Å²) < 4.78 is 16.0. The van der Waals surface area contributed by atoms with Crippen LogP contribution in [-0.4, -0.2) is 41.7 Å². The minimum absolute atomic E-state index is 0.213. The molecule has 0 saturated heterocycles. The molecule has 0 aliphatic carbocycles. The summed E-state index contributed by atoms with van der Waals surface area (Å²) in [5, 5.41) is 0. The summed E-state index contributed by atoms with van der Waals surface area (Å²) in [6, 6.07) is 0. The lowest BCUT2D eigenvalue weighted by Crippen LogP contribution is -2.24. The van der Waals surface area contributed by atoms with E-state index in [2.05, 4.69) is 20.1 Å². The predicted molar refractivity (Wildman–Crippen MR) is 98.6 cm³/mol. The first-order valence-corrected chi connectivity index (χ1v) is 9.33. The van der Waals surface area contributed by atoms with Crippen molar-refractivity contribution in [2.24, 2.45) is 5.92 Å². The van der Waals surface area contributed by atoms with Crippen LogP contribution in [0.1, 0.15) is 52.9 Å². The van der Waals surface area contributed by atoms with Crippen molar-refractivity contribution in [2.75, 3.05) is 13.2 Å². The summed E-state index contributed by atoms with van der Waals surface area (Å²) in [6.45, 7) is 13.3. The van der Waals surface area contributed by atoms with E-state index in [1.807, 2.05) is 0 Å². The third kappa shape index (κ3) is 9.67. The second-order valence-electron chi connectivity index (χ2n) is 6.06. The van der Waals surface area contributed by atoms with E-state index in [0.717, 1.165) is 32.1 Å². The van der Waals surface area contributed by atoms with Crippen LogP contribution in [0.2, 0.25) is 0 Å². The van der Waals surface area contributed by atoms with Crippen LogP contribution in [0, 0.1) is 5.92 Å². The third-order valence-corrected chi connectivity index (χ3v) is 4.44. The van der Waals surface area contributed by atoms with Gasteiger partial charge in [0.15, 0.2) is 0 Å². The largest absolute Gasteiger partial charge is 0.462 e.